The van der Waals surface area contributed by atoms with Gasteiger partial charge in [-0.1, -0.05) is 0 Å². The molecule has 64 valence electrons. The summed E-state index contributed by atoms with van der Waals surface area (Å²) in [4.78, 5) is 8.59. The zero-order valence-electron chi connectivity index (χ0n) is 6.91. The van der Waals surface area contributed by atoms with Crippen LogP contribution in [0.15, 0.2) is 6.20 Å². The van der Waals surface area contributed by atoms with Gasteiger partial charge in [-0.3, -0.25) is 4.90 Å². The molecule has 5 heteroatoms. The van der Waals surface area contributed by atoms with E-state index in [1.807, 2.05) is 11.9 Å². The molecule has 0 unspecified atom stereocenters. The molecule has 0 spiro atoms. The number of imidazole rings is 1. The second kappa shape index (κ2) is 3.74. The van der Waals surface area contributed by atoms with E-state index in [9.17, 15) is 0 Å². The Hall–Kier alpha value is -1.54. The van der Waals surface area contributed by atoms with Crippen LogP contribution in [0.4, 0.5) is 5.95 Å². The number of nitrogens with one attached hydrogen (secondary N) is 1. The third kappa shape index (κ3) is 2.25. The Bertz CT molecular complexity index is 284. The van der Waals surface area contributed by atoms with Crippen molar-refractivity contribution >= 4 is 5.95 Å². The van der Waals surface area contributed by atoms with Crippen molar-refractivity contribution < 1.29 is 0 Å². The molecule has 0 atom stereocenters. The molecule has 0 aliphatic carbocycles. The molecule has 0 amide bonds. The summed E-state index contributed by atoms with van der Waals surface area (Å²) in [6.07, 6.45) is 1.67. The maximum Gasteiger partial charge on any atom is 0.197 e. The maximum atomic E-state index is 8.38. The van der Waals surface area contributed by atoms with Crippen LogP contribution in [0, 0.1) is 11.3 Å². The summed E-state index contributed by atoms with van der Waals surface area (Å²) in [5.74, 6) is 0.412. The van der Waals surface area contributed by atoms with E-state index in [0.29, 0.717) is 19.0 Å². The number of nitrogens with two attached hydrogens (primary N) is 1. The second-order valence-corrected chi connectivity index (χ2v) is 2.62. The summed E-state index contributed by atoms with van der Waals surface area (Å²) < 4.78 is 0. The SMILES string of the molecule is CN(CC#N)Cc1cnc(N)[nH]1. The van der Waals surface area contributed by atoms with E-state index >= 15 is 0 Å². The van der Waals surface area contributed by atoms with Crippen LogP contribution in [0.3, 0.4) is 0 Å². The number of aromatic amines is 1. The van der Waals surface area contributed by atoms with Crippen molar-refractivity contribution in [2.24, 2.45) is 0 Å². The summed E-state index contributed by atoms with van der Waals surface area (Å²) in [7, 11) is 1.86. The molecule has 12 heavy (non-hydrogen) atoms. The Morgan fingerprint density at radius 2 is 2.58 bits per heavy atom. The molecule has 0 radical (unpaired) electrons. The molecule has 1 heterocycles. The number of aromatic nitrogens is 2. The van der Waals surface area contributed by atoms with Crippen LogP contribution in [0.2, 0.25) is 0 Å². The lowest BCUT2D eigenvalue weighted by Crippen LogP contribution is -2.17. The van der Waals surface area contributed by atoms with Crippen molar-refractivity contribution in [1.82, 2.24) is 14.9 Å². The Morgan fingerprint density at radius 3 is 3.08 bits per heavy atom. The van der Waals surface area contributed by atoms with Crippen molar-refractivity contribution in [2.75, 3.05) is 19.3 Å². The third-order valence-corrected chi connectivity index (χ3v) is 1.43. The van der Waals surface area contributed by atoms with E-state index in [2.05, 4.69) is 16.0 Å². The highest BCUT2D eigenvalue weighted by molar-refractivity contribution is 5.18. The van der Waals surface area contributed by atoms with Gasteiger partial charge in [0.1, 0.15) is 0 Å². The Balaban J connectivity index is 2.47. The first-order chi connectivity index (χ1) is 5.72. The fourth-order valence-corrected chi connectivity index (χ4v) is 0.924. The first kappa shape index (κ1) is 8.56. The minimum absolute atomic E-state index is 0.402. The molecule has 1 rings (SSSR count). The standard InChI is InChI=1S/C7H11N5/c1-12(3-2-8)5-6-4-10-7(9)11-6/h4H,3,5H2,1H3,(H3,9,10,11). The smallest absolute Gasteiger partial charge is 0.197 e. The van der Waals surface area contributed by atoms with Gasteiger partial charge in [-0.25, -0.2) is 4.98 Å². The van der Waals surface area contributed by atoms with Crippen LogP contribution in [0.25, 0.3) is 0 Å². The number of hydrogen-bond acceptors (Lipinski definition) is 4. The Morgan fingerprint density at radius 1 is 1.83 bits per heavy atom. The van der Waals surface area contributed by atoms with Gasteiger partial charge in [0, 0.05) is 6.54 Å². The van der Waals surface area contributed by atoms with Crippen LogP contribution in [-0.2, 0) is 6.54 Å². The highest BCUT2D eigenvalue weighted by Gasteiger charge is 2.00. The molecule has 0 fully saturated rings. The largest absolute Gasteiger partial charge is 0.369 e. The number of hydrogen-bond donors (Lipinski definition) is 2. The van der Waals surface area contributed by atoms with Crippen LogP contribution in [0.1, 0.15) is 5.69 Å². The zero-order chi connectivity index (χ0) is 8.97. The number of anilines is 1. The highest BCUT2D eigenvalue weighted by atomic mass is 15.1. The second-order valence-electron chi connectivity index (χ2n) is 2.62. The molecule has 0 bridgehead atoms. The van der Waals surface area contributed by atoms with Crippen molar-refractivity contribution in [2.45, 2.75) is 6.54 Å². The summed E-state index contributed by atoms with van der Waals surface area (Å²) in [5, 5.41) is 8.38. The van der Waals surface area contributed by atoms with Gasteiger partial charge < -0.3 is 10.7 Å². The molecule has 1 aromatic heterocycles. The lowest BCUT2D eigenvalue weighted by Gasteiger charge is -2.09. The van der Waals surface area contributed by atoms with Gasteiger partial charge in [0.2, 0.25) is 0 Å². The van der Waals surface area contributed by atoms with Crippen LogP contribution >= 0.6 is 0 Å². The van der Waals surface area contributed by atoms with Gasteiger partial charge in [0.15, 0.2) is 5.95 Å². The van der Waals surface area contributed by atoms with Gasteiger partial charge in [-0.15, -0.1) is 0 Å². The van der Waals surface area contributed by atoms with Crippen LogP contribution in [0.5, 0.6) is 0 Å². The number of nitrogens with zero attached hydrogens (tertiary/aromatic N) is 3. The molecule has 0 saturated carbocycles. The summed E-state index contributed by atoms with van der Waals surface area (Å²) >= 11 is 0. The van der Waals surface area contributed by atoms with E-state index in [4.69, 9.17) is 11.0 Å². The number of nitrogen functional groups attached to an aromatic ring is 1. The molecule has 1 aromatic rings. The van der Waals surface area contributed by atoms with Gasteiger partial charge in [-0.05, 0) is 7.05 Å². The minimum atomic E-state index is 0.402. The van der Waals surface area contributed by atoms with E-state index in [-0.39, 0.29) is 0 Å². The highest BCUT2D eigenvalue weighted by Crippen LogP contribution is 2.00. The number of H-pyrrole nitrogens is 1. The molecule has 5 nitrogen and oxygen atoms in total. The fraction of sp³-hybridized carbons (Fsp3) is 0.429. The summed E-state index contributed by atoms with van der Waals surface area (Å²) in [6, 6.07) is 2.05. The Kier molecular flexibility index (Phi) is 2.66. The van der Waals surface area contributed by atoms with Crippen molar-refractivity contribution in [3.05, 3.63) is 11.9 Å². The third-order valence-electron chi connectivity index (χ3n) is 1.43. The maximum absolute atomic E-state index is 8.38. The molecule has 0 saturated heterocycles. The quantitative estimate of drug-likeness (QED) is 0.615. The first-order valence-electron chi connectivity index (χ1n) is 3.57. The predicted molar refractivity (Wildman–Crippen MR) is 44.9 cm³/mol. The molecule has 0 aliphatic rings. The monoisotopic (exact) mass is 165 g/mol. The normalized spacial score (nSPS) is 10.1. The van der Waals surface area contributed by atoms with Gasteiger partial charge in [-0.2, -0.15) is 5.26 Å². The van der Waals surface area contributed by atoms with Crippen LogP contribution in [-0.4, -0.2) is 28.5 Å². The van der Waals surface area contributed by atoms with Crippen molar-refractivity contribution in [3.8, 4) is 6.07 Å². The van der Waals surface area contributed by atoms with Gasteiger partial charge in [0.05, 0.1) is 24.5 Å². The average Bonchev–Trinajstić information content (AvgIpc) is 2.36. The zero-order valence-corrected chi connectivity index (χ0v) is 6.91. The lowest BCUT2D eigenvalue weighted by molar-refractivity contribution is 0.363. The van der Waals surface area contributed by atoms with E-state index < -0.39 is 0 Å². The van der Waals surface area contributed by atoms with Crippen molar-refractivity contribution in [3.63, 3.8) is 0 Å². The Labute approximate surface area is 70.8 Å². The van der Waals surface area contributed by atoms with Gasteiger partial charge in [0.25, 0.3) is 0 Å². The topological polar surface area (TPSA) is 81.7 Å². The fourth-order valence-electron chi connectivity index (χ4n) is 0.924. The van der Waals surface area contributed by atoms with E-state index in [1.165, 1.54) is 0 Å². The molecule has 3 N–H and O–H groups in total. The molecular formula is C7H11N5. The van der Waals surface area contributed by atoms with Gasteiger partial charge >= 0.3 is 0 Å². The molecular weight excluding hydrogens is 154 g/mol. The number of nitriles is 1. The van der Waals surface area contributed by atoms with Crippen LogP contribution < -0.4 is 5.73 Å². The average molecular weight is 165 g/mol. The first-order valence-corrected chi connectivity index (χ1v) is 3.57. The lowest BCUT2D eigenvalue weighted by atomic mass is 10.4. The summed E-state index contributed by atoms with van der Waals surface area (Å²) in [6.45, 7) is 1.07. The summed E-state index contributed by atoms with van der Waals surface area (Å²) in [5.41, 5.74) is 6.30. The predicted octanol–water partition coefficient (Wildman–Crippen LogP) is -0.0527. The number of rotatable bonds is 3. The molecule has 0 aromatic carbocycles. The van der Waals surface area contributed by atoms with E-state index in [1.54, 1.807) is 6.20 Å². The molecule has 0 aliphatic heterocycles. The van der Waals surface area contributed by atoms with E-state index in [0.717, 1.165) is 5.69 Å². The minimum Gasteiger partial charge on any atom is -0.369 e. The van der Waals surface area contributed by atoms with Crippen molar-refractivity contribution in [1.29, 1.82) is 5.26 Å².